The Kier molecular flexibility index (Phi) is 7.94. The number of hydrogen-bond donors (Lipinski definition) is 1. The van der Waals surface area contributed by atoms with Crippen LogP contribution in [0.25, 0.3) is 0 Å². The van der Waals surface area contributed by atoms with E-state index in [9.17, 15) is 13.5 Å². The van der Waals surface area contributed by atoms with Crippen LogP contribution >= 0.6 is 11.6 Å². The minimum absolute atomic E-state index is 0.123. The second-order valence-electron chi connectivity index (χ2n) is 7.24. The van der Waals surface area contributed by atoms with Crippen molar-refractivity contribution in [3.8, 4) is 11.5 Å². The van der Waals surface area contributed by atoms with Gasteiger partial charge in [-0.05, 0) is 48.4 Å². The predicted molar refractivity (Wildman–Crippen MR) is 114 cm³/mol. The number of aliphatic hydroxyl groups excluding tert-OH is 1. The third-order valence-corrected chi connectivity index (χ3v) is 7.11. The van der Waals surface area contributed by atoms with Crippen LogP contribution in [0, 0.1) is 5.41 Å². The lowest BCUT2D eigenvalue weighted by Crippen LogP contribution is -2.41. The Labute approximate surface area is 178 Å². The molecular weight excluding hydrogens is 414 g/mol. The van der Waals surface area contributed by atoms with Gasteiger partial charge in [0.2, 0.25) is 10.0 Å². The second kappa shape index (κ2) is 9.80. The zero-order valence-corrected chi connectivity index (χ0v) is 18.8. The van der Waals surface area contributed by atoms with Crippen molar-refractivity contribution in [3.05, 3.63) is 53.1 Å². The fourth-order valence-corrected chi connectivity index (χ4v) is 4.57. The Morgan fingerprint density at radius 3 is 2.21 bits per heavy atom. The van der Waals surface area contributed by atoms with Crippen LogP contribution in [0.5, 0.6) is 11.5 Å². The summed E-state index contributed by atoms with van der Waals surface area (Å²) in [6.07, 6.45) is 0.627. The number of benzene rings is 2. The normalized spacial score (nSPS) is 13.9. The van der Waals surface area contributed by atoms with Gasteiger partial charge in [-0.25, -0.2) is 8.42 Å². The molecule has 0 aromatic heterocycles. The molecule has 0 bridgehead atoms. The highest BCUT2D eigenvalue weighted by atomic mass is 35.5. The van der Waals surface area contributed by atoms with E-state index in [1.165, 1.54) is 23.5 Å². The quantitative estimate of drug-likeness (QED) is 0.604. The fraction of sp³-hybridized carbons (Fsp3) is 0.429. The number of ether oxygens (including phenoxy) is 2. The average molecular weight is 442 g/mol. The molecule has 6 nitrogen and oxygen atoms in total. The number of sulfonamides is 1. The van der Waals surface area contributed by atoms with E-state index in [0.717, 1.165) is 5.56 Å². The van der Waals surface area contributed by atoms with E-state index in [1.807, 2.05) is 13.8 Å². The maximum atomic E-state index is 13.4. The molecule has 0 radical (unpaired) electrons. The average Bonchev–Trinajstić information content (AvgIpc) is 2.73. The lowest BCUT2D eigenvalue weighted by atomic mass is 9.88. The van der Waals surface area contributed by atoms with Crippen LogP contribution < -0.4 is 9.47 Å². The van der Waals surface area contributed by atoms with E-state index in [0.29, 0.717) is 22.9 Å². The van der Waals surface area contributed by atoms with Crippen molar-refractivity contribution >= 4 is 21.6 Å². The Hall–Kier alpha value is -1.80. The maximum absolute atomic E-state index is 13.4. The number of rotatable bonds is 10. The smallest absolute Gasteiger partial charge is 0.243 e. The lowest BCUT2D eigenvalue weighted by Gasteiger charge is -2.33. The van der Waals surface area contributed by atoms with Gasteiger partial charge < -0.3 is 14.6 Å². The van der Waals surface area contributed by atoms with Gasteiger partial charge in [0.25, 0.3) is 0 Å². The molecule has 0 aliphatic heterocycles. The molecule has 0 aliphatic carbocycles. The van der Waals surface area contributed by atoms with Crippen LogP contribution in [0.15, 0.2) is 47.4 Å². The van der Waals surface area contributed by atoms with Crippen molar-refractivity contribution in [1.29, 1.82) is 0 Å². The van der Waals surface area contributed by atoms with E-state index in [-0.39, 0.29) is 24.6 Å². The van der Waals surface area contributed by atoms with Crippen molar-refractivity contribution in [2.45, 2.75) is 31.7 Å². The first-order valence-electron chi connectivity index (χ1n) is 9.26. The van der Waals surface area contributed by atoms with Crippen LogP contribution in [-0.4, -0.2) is 45.2 Å². The highest BCUT2D eigenvalue weighted by molar-refractivity contribution is 7.89. The summed E-state index contributed by atoms with van der Waals surface area (Å²) in [5.74, 6) is 1.09. The third kappa shape index (κ3) is 5.63. The van der Waals surface area contributed by atoms with Gasteiger partial charge in [-0.1, -0.05) is 31.5 Å². The second-order valence-corrected chi connectivity index (χ2v) is 9.61. The number of methoxy groups -OCH3 is 2. The molecule has 8 heteroatoms. The van der Waals surface area contributed by atoms with Crippen molar-refractivity contribution in [3.63, 3.8) is 0 Å². The molecular formula is C21H28ClNO5S. The van der Waals surface area contributed by atoms with Gasteiger partial charge in [-0.3, -0.25) is 0 Å². The summed E-state index contributed by atoms with van der Waals surface area (Å²) >= 11 is 5.92. The van der Waals surface area contributed by atoms with Crippen LogP contribution in [-0.2, 0) is 16.6 Å². The van der Waals surface area contributed by atoms with Gasteiger partial charge in [-0.15, -0.1) is 0 Å². The number of nitrogens with zero attached hydrogens (tertiary/aromatic N) is 1. The van der Waals surface area contributed by atoms with Gasteiger partial charge in [0.15, 0.2) is 11.5 Å². The first-order valence-corrected chi connectivity index (χ1v) is 11.1. The SMILES string of the molecule is CCC(C)(CO)CN(Cc1ccc(OC)c(OC)c1)S(=O)(=O)c1ccc(Cl)cc1. The summed E-state index contributed by atoms with van der Waals surface area (Å²) in [6, 6.07) is 11.4. The highest BCUT2D eigenvalue weighted by Gasteiger charge is 2.32. The molecule has 1 atom stereocenters. The molecule has 1 N–H and O–H groups in total. The molecule has 0 aliphatic rings. The monoisotopic (exact) mass is 441 g/mol. The number of hydrogen-bond acceptors (Lipinski definition) is 5. The third-order valence-electron chi connectivity index (χ3n) is 5.05. The van der Waals surface area contributed by atoms with Gasteiger partial charge in [-0.2, -0.15) is 4.31 Å². The van der Waals surface area contributed by atoms with Crippen LogP contribution in [0.2, 0.25) is 5.02 Å². The molecule has 0 saturated heterocycles. The Bertz CT molecular complexity index is 911. The molecule has 160 valence electrons. The first-order chi connectivity index (χ1) is 13.7. The number of aliphatic hydroxyl groups is 1. The standard InChI is InChI=1S/C21H28ClNO5S/c1-5-21(2,15-24)14-23(29(25,26)18-9-7-17(22)8-10-18)13-16-6-11-19(27-3)20(12-16)28-4/h6-12,24H,5,13-15H2,1-4H3. The molecule has 0 amide bonds. The summed E-state index contributed by atoms with van der Waals surface area (Å²) in [6.45, 7) is 3.97. The molecule has 2 rings (SSSR count). The maximum Gasteiger partial charge on any atom is 0.243 e. The number of halogens is 1. The van der Waals surface area contributed by atoms with E-state index in [2.05, 4.69) is 0 Å². The molecule has 1 unspecified atom stereocenters. The molecule has 0 heterocycles. The minimum atomic E-state index is -3.81. The van der Waals surface area contributed by atoms with Crippen LogP contribution in [0.3, 0.4) is 0 Å². The molecule has 0 fully saturated rings. The van der Waals surface area contributed by atoms with E-state index < -0.39 is 15.4 Å². The largest absolute Gasteiger partial charge is 0.493 e. The fourth-order valence-electron chi connectivity index (χ4n) is 2.86. The highest BCUT2D eigenvalue weighted by Crippen LogP contribution is 2.31. The van der Waals surface area contributed by atoms with E-state index >= 15 is 0 Å². The van der Waals surface area contributed by atoms with Crippen LogP contribution in [0.1, 0.15) is 25.8 Å². The summed E-state index contributed by atoms with van der Waals surface area (Å²) in [4.78, 5) is 0.152. The zero-order chi connectivity index (χ0) is 21.7. The van der Waals surface area contributed by atoms with Crippen molar-refractivity contribution in [2.24, 2.45) is 5.41 Å². The zero-order valence-electron chi connectivity index (χ0n) is 17.2. The lowest BCUT2D eigenvalue weighted by molar-refractivity contribution is 0.111. The topological polar surface area (TPSA) is 76.1 Å². The summed E-state index contributed by atoms with van der Waals surface area (Å²) < 4.78 is 38.7. The van der Waals surface area contributed by atoms with Gasteiger partial charge in [0.1, 0.15) is 0 Å². The van der Waals surface area contributed by atoms with Gasteiger partial charge >= 0.3 is 0 Å². The summed E-state index contributed by atoms with van der Waals surface area (Å²) in [5, 5.41) is 10.3. The van der Waals surface area contributed by atoms with E-state index in [1.54, 1.807) is 37.4 Å². The van der Waals surface area contributed by atoms with Gasteiger partial charge in [0, 0.05) is 30.1 Å². The Morgan fingerprint density at radius 1 is 1.07 bits per heavy atom. The molecule has 2 aromatic rings. The van der Waals surface area contributed by atoms with Crippen LogP contribution in [0.4, 0.5) is 0 Å². The minimum Gasteiger partial charge on any atom is -0.493 e. The van der Waals surface area contributed by atoms with Crippen molar-refractivity contribution in [2.75, 3.05) is 27.4 Å². The molecule has 0 spiro atoms. The van der Waals surface area contributed by atoms with Crippen molar-refractivity contribution < 1.29 is 23.0 Å². The van der Waals surface area contributed by atoms with E-state index in [4.69, 9.17) is 21.1 Å². The first kappa shape index (κ1) is 23.5. The summed E-state index contributed by atoms with van der Waals surface area (Å²) in [7, 11) is -0.737. The summed E-state index contributed by atoms with van der Waals surface area (Å²) in [5.41, 5.74) is 0.173. The molecule has 2 aromatic carbocycles. The predicted octanol–water partition coefficient (Wildman–Crippen LogP) is 3.96. The van der Waals surface area contributed by atoms with Crippen molar-refractivity contribution in [1.82, 2.24) is 4.31 Å². The van der Waals surface area contributed by atoms with Gasteiger partial charge in [0.05, 0.1) is 19.1 Å². The molecule has 0 saturated carbocycles. The Balaban J connectivity index is 2.46. The molecule has 29 heavy (non-hydrogen) atoms. The Morgan fingerprint density at radius 2 is 1.69 bits per heavy atom.